The molecule has 0 fully saturated rings. The fraction of sp³-hybridized carbons (Fsp3) is 0.0588. The summed E-state index contributed by atoms with van der Waals surface area (Å²) in [4.78, 5) is 16.6. The van der Waals surface area contributed by atoms with Crippen LogP contribution in [0.1, 0.15) is 21.1 Å². The summed E-state index contributed by atoms with van der Waals surface area (Å²) in [5.41, 5.74) is 1.68. The number of para-hydroxylation sites is 1. The van der Waals surface area contributed by atoms with Crippen LogP contribution in [0.25, 0.3) is 0 Å². The minimum atomic E-state index is -0.309. The summed E-state index contributed by atoms with van der Waals surface area (Å²) < 4.78 is 0. The van der Waals surface area contributed by atoms with E-state index in [0.717, 1.165) is 10.6 Å². The summed E-state index contributed by atoms with van der Waals surface area (Å²) >= 11 is 19.8. The van der Waals surface area contributed by atoms with Crippen molar-refractivity contribution in [2.45, 2.75) is 6.42 Å². The molecular weight excluding hydrogens is 387 g/mol. The molecule has 0 saturated heterocycles. The molecule has 0 aliphatic heterocycles. The fourth-order valence-electron chi connectivity index (χ4n) is 2.10. The predicted octanol–water partition coefficient (Wildman–Crippen LogP) is 5.95. The number of nitrogens with zero attached hydrogens (tertiary/aromatic N) is 1. The van der Waals surface area contributed by atoms with Crippen LogP contribution < -0.4 is 5.32 Å². The number of carbonyl (C=O) groups is 1. The molecule has 7 heteroatoms. The highest BCUT2D eigenvalue weighted by Gasteiger charge is 2.14. The molecule has 0 aliphatic carbocycles. The van der Waals surface area contributed by atoms with E-state index in [9.17, 15) is 4.79 Å². The molecule has 1 N–H and O–H groups in total. The van der Waals surface area contributed by atoms with Crippen molar-refractivity contribution in [3.05, 3.63) is 79.2 Å². The molecule has 0 bridgehead atoms. The number of carbonyl (C=O) groups excluding carboxylic acids is 1. The lowest BCUT2D eigenvalue weighted by Gasteiger charge is -2.05. The summed E-state index contributed by atoms with van der Waals surface area (Å²) in [5, 5.41) is 6.85. The topological polar surface area (TPSA) is 42.0 Å². The number of halogens is 3. The fourth-order valence-corrected chi connectivity index (χ4v) is 3.60. The molecular formula is C17H11Cl3N2OS. The smallest absolute Gasteiger partial charge is 0.275 e. The molecule has 0 unspecified atom stereocenters. The first kappa shape index (κ1) is 17.2. The number of rotatable bonds is 4. The van der Waals surface area contributed by atoms with Crippen molar-refractivity contribution in [3.8, 4) is 0 Å². The Morgan fingerprint density at radius 2 is 1.67 bits per heavy atom. The van der Waals surface area contributed by atoms with Gasteiger partial charge in [-0.15, -0.1) is 11.3 Å². The molecule has 122 valence electrons. The van der Waals surface area contributed by atoms with Crippen molar-refractivity contribution in [2.75, 3.05) is 5.32 Å². The maximum atomic E-state index is 12.3. The third-order valence-corrected chi connectivity index (χ3v) is 5.18. The van der Waals surface area contributed by atoms with Crippen molar-refractivity contribution in [1.82, 2.24) is 4.98 Å². The summed E-state index contributed by atoms with van der Waals surface area (Å²) in [6.07, 6.45) is 0.475. The molecule has 1 aromatic heterocycles. The van der Waals surface area contributed by atoms with Gasteiger partial charge in [0.05, 0.1) is 15.7 Å². The second-order valence-corrected chi connectivity index (χ2v) is 7.10. The second kappa shape index (κ2) is 7.53. The van der Waals surface area contributed by atoms with Crippen LogP contribution in [0, 0.1) is 0 Å². The summed E-state index contributed by atoms with van der Waals surface area (Å²) in [5.74, 6) is -0.309. The van der Waals surface area contributed by atoms with E-state index in [1.165, 1.54) is 11.3 Å². The maximum absolute atomic E-state index is 12.3. The minimum absolute atomic E-state index is 0.309. The van der Waals surface area contributed by atoms with Crippen LogP contribution in [0.15, 0.2) is 47.8 Å². The van der Waals surface area contributed by atoms with Gasteiger partial charge in [-0.2, -0.15) is 0 Å². The molecule has 2 aromatic carbocycles. The monoisotopic (exact) mass is 396 g/mol. The SMILES string of the molecule is O=C(Nc1ccccc1Cl)c1csc(Cc2c(Cl)cccc2Cl)n1. The van der Waals surface area contributed by atoms with E-state index in [0.29, 0.717) is 32.9 Å². The number of thiazole rings is 1. The number of nitrogens with one attached hydrogen (secondary N) is 1. The van der Waals surface area contributed by atoms with Gasteiger partial charge in [0, 0.05) is 21.8 Å². The summed E-state index contributed by atoms with van der Waals surface area (Å²) in [6.45, 7) is 0. The van der Waals surface area contributed by atoms with Gasteiger partial charge in [0.15, 0.2) is 0 Å². The Bertz CT molecular complexity index is 875. The van der Waals surface area contributed by atoms with Gasteiger partial charge in [-0.1, -0.05) is 53.0 Å². The zero-order chi connectivity index (χ0) is 17.1. The van der Waals surface area contributed by atoms with Gasteiger partial charge in [-0.05, 0) is 29.8 Å². The Labute approximate surface area is 158 Å². The number of benzene rings is 2. The average molecular weight is 398 g/mol. The van der Waals surface area contributed by atoms with E-state index in [-0.39, 0.29) is 5.91 Å². The van der Waals surface area contributed by atoms with E-state index in [4.69, 9.17) is 34.8 Å². The van der Waals surface area contributed by atoms with Crippen LogP contribution in [0.2, 0.25) is 15.1 Å². The molecule has 1 heterocycles. The largest absolute Gasteiger partial charge is 0.319 e. The Kier molecular flexibility index (Phi) is 5.41. The lowest BCUT2D eigenvalue weighted by molar-refractivity contribution is 0.102. The normalized spacial score (nSPS) is 10.6. The Balaban J connectivity index is 1.76. The van der Waals surface area contributed by atoms with Crippen LogP contribution in [0.3, 0.4) is 0 Å². The number of anilines is 1. The van der Waals surface area contributed by atoms with Crippen molar-refractivity contribution in [3.63, 3.8) is 0 Å². The van der Waals surface area contributed by atoms with Gasteiger partial charge in [-0.25, -0.2) is 4.98 Å². The van der Waals surface area contributed by atoms with Crippen LogP contribution >= 0.6 is 46.1 Å². The lowest BCUT2D eigenvalue weighted by atomic mass is 10.1. The minimum Gasteiger partial charge on any atom is -0.319 e. The molecule has 0 aliphatic rings. The van der Waals surface area contributed by atoms with Crippen molar-refractivity contribution >= 4 is 57.7 Å². The van der Waals surface area contributed by atoms with E-state index in [1.54, 1.807) is 47.8 Å². The Morgan fingerprint density at radius 1 is 1.00 bits per heavy atom. The van der Waals surface area contributed by atoms with E-state index < -0.39 is 0 Å². The van der Waals surface area contributed by atoms with Gasteiger partial charge < -0.3 is 5.32 Å². The van der Waals surface area contributed by atoms with E-state index >= 15 is 0 Å². The first-order valence-electron chi connectivity index (χ1n) is 6.98. The van der Waals surface area contributed by atoms with Gasteiger partial charge in [0.25, 0.3) is 5.91 Å². The second-order valence-electron chi connectivity index (χ2n) is 4.94. The standard InChI is InChI=1S/C17H11Cl3N2OS/c18-11-5-3-6-12(19)10(11)8-16-21-15(9-24-16)17(23)22-14-7-2-1-4-13(14)20/h1-7,9H,8H2,(H,22,23). The molecule has 24 heavy (non-hydrogen) atoms. The maximum Gasteiger partial charge on any atom is 0.275 e. The Hall–Kier alpha value is -1.59. The van der Waals surface area contributed by atoms with E-state index in [2.05, 4.69) is 10.3 Å². The highest BCUT2D eigenvalue weighted by Crippen LogP contribution is 2.28. The first-order valence-corrected chi connectivity index (χ1v) is 8.99. The third kappa shape index (κ3) is 3.90. The highest BCUT2D eigenvalue weighted by atomic mass is 35.5. The number of aromatic nitrogens is 1. The van der Waals surface area contributed by atoms with Crippen LogP contribution in [0.4, 0.5) is 5.69 Å². The van der Waals surface area contributed by atoms with Crippen LogP contribution in [-0.2, 0) is 6.42 Å². The van der Waals surface area contributed by atoms with Crippen molar-refractivity contribution < 1.29 is 4.79 Å². The summed E-state index contributed by atoms with van der Waals surface area (Å²) in [6, 6.07) is 12.4. The molecule has 3 nitrogen and oxygen atoms in total. The van der Waals surface area contributed by atoms with Crippen LogP contribution in [-0.4, -0.2) is 10.9 Å². The molecule has 0 saturated carbocycles. The Morgan fingerprint density at radius 3 is 2.38 bits per heavy atom. The quantitative estimate of drug-likeness (QED) is 0.591. The zero-order valence-corrected chi connectivity index (χ0v) is 15.3. The molecule has 3 rings (SSSR count). The summed E-state index contributed by atoms with van der Waals surface area (Å²) in [7, 11) is 0. The molecule has 0 spiro atoms. The number of amides is 1. The van der Waals surface area contributed by atoms with Crippen molar-refractivity contribution in [1.29, 1.82) is 0 Å². The average Bonchev–Trinajstić information content (AvgIpc) is 3.02. The molecule has 1 amide bonds. The van der Waals surface area contributed by atoms with Crippen molar-refractivity contribution in [2.24, 2.45) is 0 Å². The van der Waals surface area contributed by atoms with Gasteiger partial charge in [-0.3, -0.25) is 4.79 Å². The van der Waals surface area contributed by atoms with Gasteiger partial charge >= 0.3 is 0 Å². The molecule has 0 atom stereocenters. The number of hydrogen-bond acceptors (Lipinski definition) is 3. The zero-order valence-electron chi connectivity index (χ0n) is 12.2. The lowest BCUT2D eigenvalue weighted by Crippen LogP contribution is -2.12. The van der Waals surface area contributed by atoms with Gasteiger partial charge in [0.2, 0.25) is 0 Å². The van der Waals surface area contributed by atoms with Gasteiger partial charge in [0.1, 0.15) is 5.69 Å². The number of hydrogen-bond donors (Lipinski definition) is 1. The molecule has 3 aromatic rings. The highest BCUT2D eigenvalue weighted by molar-refractivity contribution is 7.09. The molecule has 0 radical (unpaired) electrons. The predicted molar refractivity (Wildman–Crippen MR) is 101 cm³/mol. The van der Waals surface area contributed by atoms with E-state index in [1.807, 2.05) is 0 Å². The third-order valence-electron chi connectivity index (χ3n) is 3.30. The first-order chi connectivity index (χ1) is 11.5. The van der Waals surface area contributed by atoms with Crippen LogP contribution in [0.5, 0.6) is 0 Å².